The summed E-state index contributed by atoms with van der Waals surface area (Å²) >= 11 is 0. The molecular weight excluding hydrogens is 346 g/mol. The lowest BCUT2D eigenvalue weighted by Gasteiger charge is -2.10. The molecule has 0 fully saturated rings. The number of amides is 1. The van der Waals surface area contributed by atoms with Crippen molar-refractivity contribution >= 4 is 33.9 Å². The van der Waals surface area contributed by atoms with E-state index in [0.717, 1.165) is 22.0 Å². The molecule has 0 aromatic heterocycles. The number of fused-ring (bicyclic) bond motifs is 1. The molecule has 1 amide bonds. The van der Waals surface area contributed by atoms with Gasteiger partial charge in [-0.2, -0.15) is 0 Å². The summed E-state index contributed by atoms with van der Waals surface area (Å²) in [7, 11) is 0. The smallest absolute Gasteiger partial charge is 0.411 e. The van der Waals surface area contributed by atoms with Crippen molar-refractivity contribution in [2.45, 2.75) is 13.5 Å². The molecule has 0 radical (unpaired) electrons. The summed E-state index contributed by atoms with van der Waals surface area (Å²) in [6.07, 6.45) is -0.720. The van der Waals surface area contributed by atoms with E-state index in [0.29, 0.717) is 6.54 Å². The zero-order valence-corrected chi connectivity index (χ0v) is 14.8. The number of carbonyl (C=O) groups excluding carboxylic acids is 1. The van der Waals surface area contributed by atoms with Gasteiger partial charge in [0.15, 0.2) is 0 Å². The van der Waals surface area contributed by atoms with Crippen molar-refractivity contribution in [3.05, 3.63) is 76.3 Å². The van der Waals surface area contributed by atoms with Crippen LogP contribution in [-0.2, 0) is 11.3 Å². The van der Waals surface area contributed by atoms with E-state index in [2.05, 4.69) is 10.6 Å². The van der Waals surface area contributed by atoms with Gasteiger partial charge in [0.1, 0.15) is 5.69 Å². The monoisotopic (exact) mass is 365 g/mol. The highest BCUT2D eigenvalue weighted by molar-refractivity contribution is 5.88. The Kier molecular flexibility index (Phi) is 5.51. The van der Waals surface area contributed by atoms with Crippen LogP contribution in [0.15, 0.2) is 60.7 Å². The van der Waals surface area contributed by atoms with Gasteiger partial charge < -0.3 is 10.1 Å². The van der Waals surface area contributed by atoms with E-state index in [1.54, 1.807) is 13.0 Å². The molecule has 3 aromatic rings. The summed E-state index contributed by atoms with van der Waals surface area (Å²) in [5.74, 6) is 0. The first-order valence-electron chi connectivity index (χ1n) is 8.50. The molecule has 7 nitrogen and oxygen atoms in total. The van der Waals surface area contributed by atoms with Crippen LogP contribution in [0.2, 0.25) is 0 Å². The molecule has 0 saturated carbocycles. The van der Waals surface area contributed by atoms with Crippen molar-refractivity contribution in [2.24, 2.45) is 0 Å². The third kappa shape index (κ3) is 4.52. The van der Waals surface area contributed by atoms with Gasteiger partial charge in [0, 0.05) is 18.3 Å². The summed E-state index contributed by atoms with van der Waals surface area (Å²) in [6.45, 7) is 2.27. The second-order valence-corrected chi connectivity index (χ2v) is 5.87. The number of nitrogens with zero attached hydrogens (tertiary/aromatic N) is 1. The largest absolute Gasteiger partial charge is 0.450 e. The molecule has 0 aliphatic rings. The second kappa shape index (κ2) is 8.18. The molecule has 27 heavy (non-hydrogen) atoms. The van der Waals surface area contributed by atoms with E-state index in [1.165, 1.54) is 12.1 Å². The van der Waals surface area contributed by atoms with Crippen LogP contribution in [0.5, 0.6) is 0 Å². The lowest BCUT2D eigenvalue weighted by Crippen LogP contribution is -2.14. The van der Waals surface area contributed by atoms with E-state index in [-0.39, 0.29) is 18.0 Å². The van der Waals surface area contributed by atoms with Crippen molar-refractivity contribution < 1.29 is 14.5 Å². The maximum absolute atomic E-state index is 11.5. The molecule has 0 bridgehead atoms. The van der Waals surface area contributed by atoms with E-state index < -0.39 is 11.0 Å². The van der Waals surface area contributed by atoms with Crippen molar-refractivity contribution in [1.29, 1.82) is 0 Å². The fraction of sp³-hybridized carbons (Fsp3) is 0.150. The minimum absolute atomic E-state index is 0.105. The van der Waals surface area contributed by atoms with Crippen molar-refractivity contribution in [1.82, 2.24) is 0 Å². The van der Waals surface area contributed by atoms with E-state index >= 15 is 0 Å². The normalized spacial score (nSPS) is 10.4. The molecule has 0 unspecified atom stereocenters. The lowest BCUT2D eigenvalue weighted by molar-refractivity contribution is -0.384. The molecular formula is C20H19N3O4. The molecule has 0 atom stereocenters. The first-order chi connectivity index (χ1) is 13.1. The average Bonchev–Trinajstić information content (AvgIpc) is 2.67. The van der Waals surface area contributed by atoms with Crippen molar-refractivity contribution in [2.75, 3.05) is 17.2 Å². The fourth-order valence-corrected chi connectivity index (χ4v) is 2.72. The lowest BCUT2D eigenvalue weighted by atomic mass is 10.1. The summed E-state index contributed by atoms with van der Waals surface area (Å²) in [4.78, 5) is 22.3. The summed E-state index contributed by atoms with van der Waals surface area (Å²) in [5, 5.41) is 19.2. The molecule has 0 aliphatic carbocycles. The van der Waals surface area contributed by atoms with Gasteiger partial charge in [-0.25, -0.2) is 4.79 Å². The predicted octanol–water partition coefficient (Wildman–Crippen LogP) is 4.93. The number of ether oxygens (including phenoxy) is 1. The van der Waals surface area contributed by atoms with Crippen LogP contribution in [0, 0.1) is 10.1 Å². The number of nitro groups is 1. The number of hydrogen-bond donors (Lipinski definition) is 2. The Balaban J connectivity index is 1.75. The third-order valence-electron chi connectivity index (χ3n) is 4.02. The number of carbonyl (C=O) groups is 1. The van der Waals surface area contributed by atoms with Crippen LogP contribution in [0.3, 0.4) is 0 Å². The van der Waals surface area contributed by atoms with Crippen LogP contribution in [0.1, 0.15) is 12.5 Å². The topological polar surface area (TPSA) is 93.5 Å². The molecule has 0 spiro atoms. The molecule has 3 rings (SSSR count). The van der Waals surface area contributed by atoms with Crippen LogP contribution in [0.25, 0.3) is 10.8 Å². The van der Waals surface area contributed by atoms with E-state index in [1.807, 2.05) is 42.5 Å². The van der Waals surface area contributed by atoms with Crippen LogP contribution in [-0.4, -0.2) is 17.6 Å². The first-order valence-corrected chi connectivity index (χ1v) is 8.50. The van der Waals surface area contributed by atoms with Gasteiger partial charge in [-0.3, -0.25) is 15.4 Å². The van der Waals surface area contributed by atoms with Gasteiger partial charge in [-0.1, -0.05) is 36.4 Å². The summed E-state index contributed by atoms with van der Waals surface area (Å²) in [5.41, 5.74) is 1.57. The fourth-order valence-electron chi connectivity index (χ4n) is 2.72. The van der Waals surface area contributed by atoms with Crippen molar-refractivity contribution in [3.63, 3.8) is 0 Å². The summed E-state index contributed by atoms with van der Waals surface area (Å²) in [6, 6.07) is 18.7. The van der Waals surface area contributed by atoms with Gasteiger partial charge in [-0.15, -0.1) is 0 Å². The number of rotatable bonds is 6. The third-order valence-corrected chi connectivity index (χ3v) is 4.02. The zero-order valence-electron chi connectivity index (χ0n) is 14.8. The Labute approximate surface area is 156 Å². The molecule has 3 aromatic carbocycles. The minimum atomic E-state index is -0.720. The minimum Gasteiger partial charge on any atom is -0.450 e. The highest BCUT2D eigenvalue weighted by atomic mass is 16.6. The summed E-state index contributed by atoms with van der Waals surface area (Å²) < 4.78 is 4.77. The molecule has 0 aliphatic heterocycles. The predicted molar refractivity (Wildman–Crippen MR) is 105 cm³/mol. The number of anilines is 2. The van der Waals surface area contributed by atoms with Crippen LogP contribution < -0.4 is 10.6 Å². The van der Waals surface area contributed by atoms with Gasteiger partial charge in [0.2, 0.25) is 0 Å². The van der Waals surface area contributed by atoms with Gasteiger partial charge in [0.25, 0.3) is 5.69 Å². The molecule has 7 heteroatoms. The standard InChI is InChI=1S/C20H19N3O4/c1-2-27-20(24)22-18-10-7-14(11-19(18)23(25)26)13-21-17-9-8-15-5-3-4-6-16(15)12-17/h3-12,21H,2,13H2,1H3,(H,22,24). The Morgan fingerprint density at radius 1 is 1.07 bits per heavy atom. The second-order valence-electron chi connectivity index (χ2n) is 5.87. The highest BCUT2D eigenvalue weighted by Gasteiger charge is 2.17. The van der Waals surface area contributed by atoms with Crippen LogP contribution >= 0.6 is 0 Å². The number of nitrogens with one attached hydrogen (secondary N) is 2. The number of hydrogen-bond acceptors (Lipinski definition) is 5. The Hall–Kier alpha value is -3.61. The maximum atomic E-state index is 11.5. The van der Waals surface area contributed by atoms with E-state index in [9.17, 15) is 14.9 Å². The van der Waals surface area contributed by atoms with Crippen LogP contribution in [0.4, 0.5) is 21.9 Å². The molecule has 0 heterocycles. The molecule has 138 valence electrons. The molecule has 0 saturated heterocycles. The maximum Gasteiger partial charge on any atom is 0.411 e. The number of benzene rings is 3. The Morgan fingerprint density at radius 2 is 1.85 bits per heavy atom. The van der Waals surface area contributed by atoms with Gasteiger partial charge in [0.05, 0.1) is 11.5 Å². The Bertz CT molecular complexity index is 988. The quantitative estimate of drug-likeness (QED) is 0.477. The van der Waals surface area contributed by atoms with Gasteiger partial charge >= 0.3 is 6.09 Å². The van der Waals surface area contributed by atoms with E-state index in [4.69, 9.17) is 4.74 Å². The number of nitro benzene ring substituents is 1. The van der Waals surface area contributed by atoms with Crippen molar-refractivity contribution in [3.8, 4) is 0 Å². The first kappa shape index (κ1) is 18.2. The highest BCUT2D eigenvalue weighted by Crippen LogP contribution is 2.26. The average molecular weight is 365 g/mol. The Morgan fingerprint density at radius 3 is 2.59 bits per heavy atom. The zero-order chi connectivity index (χ0) is 19.2. The molecule has 2 N–H and O–H groups in total. The SMILES string of the molecule is CCOC(=O)Nc1ccc(CNc2ccc3ccccc3c2)cc1[N+](=O)[O-]. The van der Waals surface area contributed by atoms with Gasteiger partial charge in [-0.05, 0) is 41.5 Å².